The lowest BCUT2D eigenvalue weighted by atomic mass is 10.1. The zero-order chi connectivity index (χ0) is 25.9. The molecule has 0 radical (unpaired) electrons. The van der Waals surface area contributed by atoms with Gasteiger partial charge >= 0.3 is 6.18 Å². The molecule has 4 rings (SSSR count). The fourth-order valence-corrected chi connectivity index (χ4v) is 3.50. The average molecular weight is 496 g/mol. The molecule has 0 aliphatic rings. The second-order valence-electron chi connectivity index (χ2n) is 8.62. The van der Waals surface area contributed by atoms with Crippen LogP contribution in [0.25, 0.3) is 22.4 Å². The van der Waals surface area contributed by atoms with E-state index < -0.39 is 11.7 Å². The predicted molar refractivity (Wildman–Crippen MR) is 130 cm³/mol. The molecule has 0 unspecified atom stereocenters. The van der Waals surface area contributed by atoms with E-state index in [-0.39, 0.29) is 29.4 Å². The van der Waals surface area contributed by atoms with E-state index >= 15 is 0 Å². The molecule has 7 nitrogen and oxygen atoms in total. The van der Waals surface area contributed by atoms with Crippen molar-refractivity contribution in [2.45, 2.75) is 33.6 Å². The first-order chi connectivity index (χ1) is 17.1. The second kappa shape index (κ2) is 10.4. The highest BCUT2D eigenvalue weighted by Gasteiger charge is 2.34. The molecule has 0 aliphatic carbocycles. The van der Waals surface area contributed by atoms with E-state index in [2.05, 4.69) is 25.3 Å². The van der Waals surface area contributed by atoms with Crippen LogP contribution in [0.1, 0.15) is 42.5 Å². The number of anilines is 2. The summed E-state index contributed by atoms with van der Waals surface area (Å²) in [6, 6.07) is 12.1. The SMILES string of the molecule is CC(=O)c1ccc(Nc2nc(COCC(C)C)nc3nc(-c4ncccc4C(F)(F)F)ccc23)cc1. The minimum absolute atomic E-state index is 0.0416. The fraction of sp³-hybridized carbons (Fsp3) is 0.269. The highest BCUT2D eigenvalue weighted by molar-refractivity contribution is 5.95. The van der Waals surface area contributed by atoms with Crippen LogP contribution in [0.4, 0.5) is 24.7 Å². The largest absolute Gasteiger partial charge is 0.418 e. The molecule has 0 bridgehead atoms. The van der Waals surface area contributed by atoms with E-state index in [1.54, 1.807) is 30.3 Å². The maximum absolute atomic E-state index is 13.6. The molecule has 1 aromatic carbocycles. The van der Waals surface area contributed by atoms with Gasteiger partial charge in [0, 0.05) is 24.1 Å². The summed E-state index contributed by atoms with van der Waals surface area (Å²) in [5.41, 5.74) is 0.320. The summed E-state index contributed by atoms with van der Waals surface area (Å²) in [6.07, 6.45) is -3.29. The van der Waals surface area contributed by atoms with E-state index in [1.165, 1.54) is 25.3 Å². The Kier molecular flexibility index (Phi) is 7.25. The van der Waals surface area contributed by atoms with Gasteiger partial charge < -0.3 is 10.1 Å². The Labute approximate surface area is 205 Å². The lowest BCUT2D eigenvalue weighted by Gasteiger charge is -2.14. The molecular formula is C26H24F3N5O2. The van der Waals surface area contributed by atoms with Crippen molar-refractivity contribution in [2.24, 2.45) is 5.92 Å². The number of carbonyl (C=O) groups excluding carboxylic acids is 1. The Hall–Kier alpha value is -3.92. The number of rotatable bonds is 8. The Balaban J connectivity index is 1.78. The van der Waals surface area contributed by atoms with Crippen LogP contribution in [0.2, 0.25) is 0 Å². The van der Waals surface area contributed by atoms with Gasteiger partial charge in [-0.05, 0) is 61.4 Å². The van der Waals surface area contributed by atoms with Crippen molar-refractivity contribution in [1.82, 2.24) is 19.9 Å². The summed E-state index contributed by atoms with van der Waals surface area (Å²) in [5.74, 6) is 0.989. The third-order valence-electron chi connectivity index (χ3n) is 5.20. The quantitative estimate of drug-likeness (QED) is 0.290. The third-order valence-corrected chi connectivity index (χ3v) is 5.20. The van der Waals surface area contributed by atoms with Crippen molar-refractivity contribution in [3.05, 3.63) is 71.7 Å². The molecule has 3 heterocycles. The summed E-state index contributed by atoms with van der Waals surface area (Å²) < 4.78 is 46.4. The van der Waals surface area contributed by atoms with E-state index in [9.17, 15) is 18.0 Å². The molecule has 186 valence electrons. The Morgan fingerprint density at radius 2 is 1.78 bits per heavy atom. The topological polar surface area (TPSA) is 89.9 Å². The van der Waals surface area contributed by atoms with Crippen molar-refractivity contribution < 1.29 is 22.7 Å². The standard InChI is InChI=1S/C26H24F3N5O2/c1-15(2)13-36-14-22-33-24(31-18-8-6-17(7-9-18)16(3)35)19-10-11-21(32-25(19)34-22)23-20(26(27,28)29)5-4-12-30-23/h4-12,15H,13-14H2,1-3H3,(H,31,32,33,34). The van der Waals surface area contributed by atoms with Crippen molar-refractivity contribution in [3.8, 4) is 11.4 Å². The highest BCUT2D eigenvalue weighted by Crippen LogP contribution is 2.36. The highest BCUT2D eigenvalue weighted by atomic mass is 19.4. The molecule has 0 atom stereocenters. The number of hydrogen-bond donors (Lipinski definition) is 1. The van der Waals surface area contributed by atoms with Gasteiger partial charge in [0.2, 0.25) is 0 Å². The summed E-state index contributed by atoms with van der Waals surface area (Å²) >= 11 is 0. The normalized spacial score (nSPS) is 11.8. The summed E-state index contributed by atoms with van der Waals surface area (Å²) in [5, 5.41) is 3.70. The average Bonchev–Trinajstić information content (AvgIpc) is 2.83. The van der Waals surface area contributed by atoms with E-state index in [1.807, 2.05) is 13.8 Å². The second-order valence-corrected chi connectivity index (χ2v) is 8.62. The van der Waals surface area contributed by atoms with Gasteiger partial charge in [0.05, 0.1) is 16.6 Å². The molecule has 0 fully saturated rings. The monoisotopic (exact) mass is 495 g/mol. The van der Waals surface area contributed by atoms with E-state index in [0.717, 1.165) is 6.07 Å². The molecule has 10 heteroatoms. The van der Waals surface area contributed by atoms with Crippen LogP contribution in [0, 0.1) is 5.92 Å². The van der Waals surface area contributed by atoms with Crippen LogP contribution in [-0.2, 0) is 17.5 Å². The van der Waals surface area contributed by atoms with Crippen molar-refractivity contribution in [2.75, 3.05) is 11.9 Å². The van der Waals surface area contributed by atoms with Crippen molar-refractivity contribution in [3.63, 3.8) is 0 Å². The van der Waals surface area contributed by atoms with Gasteiger partial charge in [-0.25, -0.2) is 15.0 Å². The molecule has 0 saturated carbocycles. The maximum atomic E-state index is 13.6. The Bertz CT molecular complexity index is 1390. The van der Waals surface area contributed by atoms with Gasteiger partial charge in [-0.1, -0.05) is 13.8 Å². The van der Waals surface area contributed by atoms with Gasteiger partial charge in [-0.3, -0.25) is 9.78 Å². The molecule has 36 heavy (non-hydrogen) atoms. The van der Waals surface area contributed by atoms with Gasteiger partial charge in [-0.2, -0.15) is 13.2 Å². The minimum Gasteiger partial charge on any atom is -0.373 e. The number of carbonyl (C=O) groups is 1. The first-order valence-corrected chi connectivity index (χ1v) is 11.3. The smallest absolute Gasteiger partial charge is 0.373 e. The summed E-state index contributed by atoms with van der Waals surface area (Å²) in [7, 11) is 0. The fourth-order valence-electron chi connectivity index (χ4n) is 3.50. The Morgan fingerprint density at radius 1 is 1.03 bits per heavy atom. The number of benzene rings is 1. The van der Waals surface area contributed by atoms with Crippen LogP contribution in [0.15, 0.2) is 54.7 Å². The number of fused-ring (bicyclic) bond motifs is 1. The number of halogens is 3. The summed E-state index contributed by atoms with van der Waals surface area (Å²) in [4.78, 5) is 28.9. The number of alkyl halides is 3. The molecule has 0 saturated heterocycles. The number of Topliss-reactive ketones (excluding diaryl/α,β-unsaturated/α-hetero) is 1. The number of aromatic nitrogens is 4. The number of ketones is 1. The molecule has 3 aromatic heterocycles. The molecule has 1 N–H and O–H groups in total. The number of nitrogens with one attached hydrogen (secondary N) is 1. The minimum atomic E-state index is -4.58. The van der Waals surface area contributed by atoms with Gasteiger partial charge in [0.1, 0.15) is 18.1 Å². The maximum Gasteiger partial charge on any atom is 0.418 e. The van der Waals surface area contributed by atoms with Crippen LogP contribution < -0.4 is 5.32 Å². The molecular weight excluding hydrogens is 471 g/mol. The third kappa shape index (κ3) is 5.83. The molecule has 0 amide bonds. The Morgan fingerprint density at radius 3 is 2.44 bits per heavy atom. The lowest BCUT2D eigenvalue weighted by molar-refractivity contribution is -0.137. The van der Waals surface area contributed by atoms with Crippen molar-refractivity contribution in [1.29, 1.82) is 0 Å². The zero-order valence-electron chi connectivity index (χ0n) is 19.9. The summed E-state index contributed by atoms with van der Waals surface area (Å²) in [6.45, 7) is 6.11. The predicted octanol–water partition coefficient (Wildman–Crippen LogP) is 6.22. The molecule has 0 spiro atoms. The van der Waals surface area contributed by atoms with Gasteiger partial charge in [-0.15, -0.1) is 0 Å². The zero-order valence-corrected chi connectivity index (χ0v) is 19.9. The molecule has 4 aromatic rings. The van der Waals surface area contributed by atoms with Crippen molar-refractivity contribution >= 4 is 28.3 Å². The lowest BCUT2D eigenvalue weighted by Crippen LogP contribution is -2.10. The van der Waals surface area contributed by atoms with Crippen LogP contribution >= 0.6 is 0 Å². The number of ether oxygens (including phenoxy) is 1. The number of pyridine rings is 2. The van der Waals surface area contributed by atoms with Crippen LogP contribution in [0.5, 0.6) is 0 Å². The van der Waals surface area contributed by atoms with Crippen LogP contribution in [0.3, 0.4) is 0 Å². The first-order valence-electron chi connectivity index (χ1n) is 11.3. The number of hydrogen-bond acceptors (Lipinski definition) is 7. The molecule has 0 aliphatic heterocycles. The van der Waals surface area contributed by atoms with E-state index in [4.69, 9.17) is 4.74 Å². The van der Waals surface area contributed by atoms with Crippen LogP contribution in [-0.4, -0.2) is 32.3 Å². The number of nitrogens with zero attached hydrogens (tertiary/aromatic N) is 4. The van der Waals surface area contributed by atoms with Gasteiger partial charge in [0.15, 0.2) is 17.3 Å². The van der Waals surface area contributed by atoms with E-state index in [0.29, 0.717) is 40.8 Å². The van der Waals surface area contributed by atoms with Gasteiger partial charge in [0.25, 0.3) is 0 Å². The first kappa shape index (κ1) is 25.2.